The summed E-state index contributed by atoms with van der Waals surface area (Å²) < 4.78 is 0. The van der Waals surface area contributed by atoms with Crippen molar-refractivity contribution < 1.29 is 15.0 Å². The fourth-order valence-corrected chi connectivity index (χ4v) is 1.87. The molecule has 0 aliphatic heterocycles. The summed E-state index contributed by atoms with van der Waals surface area (Å²) in [6.45, 7) is -0.00192. The molecule has 0 saturated carbocycles. The second kappa shape index (κ2) is 4.88. The van der Waals surface area contributed by atoms with Crippen molar-refractivity contribution in [3.8, 4) is 0 Å². The summed E-state index contributed by atoms with van der Waals surface area (Å²) in [5.41, 5.74) is 6.25. The number of anilines is 1. The highest BCUT2D eigenvalue weighted by atomic mass is 32.2. The summed E-state index contributed by atoms with van der Waals surface area (Å²) in [6.07, 6.45) is 0. The minimum absolute atomic E-state index is 0.00192. The van der Waals surface area contributed by atoms with Gasteiger partial charge in [-0.25, -0.2) is 4.79 Å². The molecule has 0 unspecified atom stereocenters. The second-order valence-electron chi connectivity index (χ2n) is 2.60. The molecule has 76 valence electrons. The second-order valence-corrected chi connectivity index (χ2v) is 3.71. The number of aliphatic hydroxyl groups excluding tert-OH is 1. The summed E-state index contributed by atoms with van der Waals surface area (Å²) >= 11 is 1.25. The van der Waals surface area contributed by atoms with Crippen molar-refractivity contribution in [3.63, 3.8) is 0 Å². The van der Waals surface area contributed by atoms with Gasteiger partial charge in [0.05, 0.1) is 12.2 Å². The molecular weight excluding hydrogens is 202 g/mol. The van der Waals surface area contributed by atoms with Crippen molar-refractivity contribution >= 4 is 23.4 Å². The Bertz CT molecular complexity index is 341. The molecule has 0 aromatic heterocycles. The van der Waals surface area contributed by atoms with E-state index in [9.17, 15) is 4.79 Å². The molecule has 0 fully saturated rings. The molecule has 0 radical (unpaired) electrons. The lowest BCUT2D eigenvalue weighted by Gasteiger charge is -2.07. The predicted molar refractivity (Wildman–Crippen MR) is 55.6 cm³/mol. The Labute approximate surface area is 85.7 Å². The third kappa shape index (κ3) is 2.40. The van der Waals surface area contributed by atoms with E-state index in [1.54, 1.807) is 12.1 Å². The number of carboxylic acid groups (broad SMARTS) is 1. The van der Waals surface area contributed by atoms with Crippen LogP contribution in [0.4, 0.5) is 5.69 Å². The van der Waals surface area contributed by atoms with Gasteiger partial charge < -0.3 is 15.9 Å². The number of carboxylic acids is 1. The smallest absolute Gasteiger partial charge is 0.336 e. The van der Waals surface area contributed by atoms with Gasteiger partial charge in [0.1, 0.15) is 0 Å². The highest BCUT2D eigenvalue weighted by Crippen LogP contribution is 2.28. The number of benzene rings is 1. The SMILES string of the molecule is Nc1cccc(C(=O)O)c1SCCO. The quantitative estimate of drug-likeness (QED) is 0.514. The van der Waals surface area contributed by atoms with Crippen LogP contribution in [0.1, 0.15) is 10.4 Å². The number of hydrogen-bond acceptors (Lipinski definition) is 4. The van der Waals surface area contributed by atoms with Crippen molar-refractivity contribution in [1.82, 2.24) is 0 Å². The van der Waals surface area contributed by atoms with E-state index in [-0.39, 0.29) is 12.2 Å². The lowest BCUT2D eigenvalue weighted by molar-refractivity contribution is 0.0693. The van der Waals surface area contributed by atoms with Crippen molar-refractivity contribution in [2.24, 2.45) is 0 Å². The van der Waals surface area contributed by atoms with Gasteiger partial charge in [-0.15, -0.1) is 11.8 Å². The van der Waals surface area contributed by atoms with Gasteiger partial charge in [0.25, 0.3) is 0 Å². The van der Waals surface area contributed by atoms with E-state index in [2.05, 4.69) is 0 Å². The van der Waals surface area contributed by atoms with Crippen LogP contribution in [0.3, 0.4) is 0 Å². The van der Waals surface area contributed by atoms with E-state index in [0.29, 0.717) is 16.3 Å². The van der Waals surface area contributed by atoms with E-state index < -0.39 is 5.97 Å². The Balaban J connectivity index is 3.02. The first-order valence-corrected chi connectivity index (χ1v) is 5.01. The Kier molecular flexibility index (Phi) is 3.79. The van der Waals surface area contributed by atoms with Crippen LogP contribution >= 0.6 is 11.8 Å². The molecule has 0 heterocycles. The molecule has 0 spiro atoms. The number of carbonyl (C=O) groups is 1. The molecular formula is C9H11NO3S. The van der Waals surface area contributed by atoms with Gasteiger partial charge in [0.15, 0.2) is 0 Å². The van der Waals surface area contributed by atoms with Gasteiger partial charge in [-0.05, 0) is 12.1 Å². The third-order valence-corrected chi connectivity index (χ3v) is 2.74. The number of nitrogens with two attached hydrogens (primary N) is 1. The van der Waals surface area contributed by atoms with E-state index in [1.165, 1.54) is 17.8 Å². The third-order valence-electron chi connectivity index (χ3n) is 1.61. The molecule has 0 atom stereocenters. The van der Waals surface area contributed by atoms with Gasteiger partial charge in [0, 0.05) is 16.3 Å². The lowest BCUT2D eigenvalue weighted by Crippen LogP contribution is -2.02. The number of aromatic carboxylic acids is 1. The highest BCUT2D eigenvalue weighted by Gasteiger charge is 2.12. The summed E-state index contributed by atoms with van der Waals surface area (Å²) in [5.74, 6) is -0.563. The zero-order valence-corrected chi connectivity index (χ0v) is 8.25. The monoisotopic (exact) mass is 213 g/mol. The van der Waals surface area contributed by atoms with Gasteiger partial charge in [-0.3, -0.25) is 0 Å². The van der Waals surface area contributed by atoms with E-state index >= 15 is 0 Å². The predicted octanol–water partition coefficient (Wildman–Crippen LogP) is 1.05. The molecule has 0 aliphatic rings. The van der Waals surface area contributed by atoms with Crippen LogP contribution in [0.5, 0.6) is 0 Å². The molecule has 1 aromatic rings. The van der Waals surface area contributed by atoms with Crippen LogP contribution in [0.25, 0.3) is 0 Å². The maximum Gasteiger partial charge on any atom is 0.336 e. The van der Waals surface area contributed by atoms with Crippen LogP contribution in [0, 0.1) is 0 Å². The minimum atomic E-state index is -1.00. The largest absolute Gasteiger partial charge is 0.478 e. The average molecular weight is 213 g/mol. The van der Waals surface area contributed by atoms with E-state index in [1.807, 2.05) is 0 Å². The van der Waals surface area contributed by atoms with Crippen molar-refractivity contribution in [2.75, 3.05) is 18.1 Å². The lowest BCUT2D eigenvalue weighted by atomic mass is 10.2. The summed E-state index contributed by atoms with van der Waals surface area (Å²) in [4.78, 5) is 11.3. The molecule has 0 aliphatic carbocycles. The Morgan fingerprint density at radius 1 is 1.50 bits per heavy atom. The molecule has 1 aromatic carbocycles. The van der Waals surface area contributed by atoms with Crippen LogP contribution in [-0.2, 0) is 0 Å². The Hall–Kier alpha value is -1.20. The standard InChI is InChI=1S/C9H11NO3S/c10-7-3-1-2-6(9(12)13)8(7)14-5-4-11/h1-3,11H,4-5,10H2,(H,12,13). The van der Waals surface area contributed by atoms with Gasteiger partial charge in [-0.2, -0.15) is 0 Å². The molecule has 4 N–H and O–H groups in total. The van der Waals surface area contributed by atoms with Gasteiger partial charge in [-0.1, -0.05) is 6.07 Å². The first-order chi connectivity index (χ1) is 6.66. The molecule has 14 heavy (non-hydrogen) atoms. The first kappa shape index (κ1) is 10.9. The number of aliphatic hydroxyl groups is 1. The molecule has 0 amide bonds. The summed E-state index contributed by atoms with van der Waals surface area (Å²) in [6, 6.07) is 4.74. The first-order valence-electron chi connectivity index (χ1n) is 4.02. The van der Waals surface area contributed by atoms with Crippen molar-refractivity contribution in [1.29, 1.82) is 0 Å². The maximum absolute atomic E-state index is 10.8. The number of hydrogen-bond donors (Lipinski definition) is 3. The van der Waals surface area contributed by atoms with Gasteiger partial charge >= 0.3 is 5.97 Å². The molecule has 0 bridgehead atoms. The van der Waals surface area contributed by atoms with Crippen molar-refractivity contribution in [3.05, 3.63) is 23.8 Å². The molecule has 0 saturated heterocycles. The van der Waals surface area contributed by atoms with Crippen LogP contribution in [0.15, 0.2) is 23.1 Å². The normalized spacial score (nSPS) is 10.1. The summed E-state index contributed by atoms with van der Waals surface area (Å²) in [7, 11) is 0. The zero-order chi connectivity index (χ0) is 10.6. The number of rotatable bonds is 4. The van der Waals surface area contributed by atoms with Gasteiger partial charge in [0.2, 0.25) is 0 Å². The molecule has 1 rings (SSSR count). The molecule has 5 heteroatoms. The average Bonchev–Trinajstić information content (AvgIpc) is 2.15. The Morgan fingerprint density at radius 3 is 2.79 bits per heavy atom. The Morgan fingerprint density at radius 2 is 2.21 bits per heavy atom. The number of thioether (sulfide) groups is 1. The molecule has 4 nitrogen and oxygen atoms in total. The fraction of sp³-hybridized carbons (Fsp3) is 0.222. The minimum Gasteiger partial charge on any atom is -0.478 e. The van der Waals surface area contributed by atoms with Crippen LogP contribution < -0.4 is 5.73 Å². The number of nitrogen functional groups attached to an aromatic ring is 1. The topological polar surface area (TPSA) is 83.6 Å². The maximum atomic E-state index is 10.8. The van der Waals surface area contributed by atoms with Crippen molar-refractivity contribution in [2.45, 2.75) is 4.90 Å². The summed E-state index contributed by atoms with van der Waals surface area (Å²) in [5, 5.41) is 17.5. The zero-order valence-electron chi connectivity index (χ0n) is 7.43. The van der Waals surface area contributed by atoms with E-state index in [4.69, 9.17) is 15.9 Å². The van der Waals surface area contributed by atoms with Crippen LogP contribution in [0.2, 0.25) is 0 Å². The fourth-order valence-electron chi connectivity index (χ4n) is 1.03. The van der Waals surface area contributed by atoms with E-state index in [0.717, 1.165) is 0 Å². The van der Waals surface area contributed by atoms with Crippen LogP contribution in [-0.4, -0.2) is 28.5 Å². The highest BCUT2D eigenvalue weighted by molar-refractivity contribution is 7.99.